The van der Waals surface area contributed by atoms with Gasteiger partial charge in [0.15, 0.2) is 6.61 Å². The van der Waals surface area contributed by atoms with E-state index in [1.165, 1.54) is 17.0 Å². The molecule has 1 aromatic heterocycles. The van der Waals surface area contributed by atoms with Crippen LogP contribution in [0.1, 0.15) is 27.5 Å². The number of nitrogens with zero attached hydrogens (tertiary/aromatic N) is 1. The summed E-state index contributed by atoms with van der Waals surface area (Å²) in [4.78, 5) is 56.8. The average molecular weight is 626 g/mol. The molecule has 3 atom stereocenters. The Labute approximate surface area is 250 Å². The van der Waals surface area contributed by atoms with E-state index in [2.05, 4.69) is 10.3 Å². The van der Waals surface area contributed by atoms with E-state index in [0.717, 1.165) is 40.8 Å². The summed E-state index contributed by atoms with van der Waals surface area (Å²) in [5, 5.41) is 2.08. The molecule has 0 radical (unpaired) electrons. The molecule has 13 heteroatoms. The van der Waals surface area contributed by atoms with E-state index in [0.29, 0.717) is 21.2 Å². The molecule has 2 aliphatic heterocycles. The number of aromatic amines is 1. The van der Waals surface area contributed by atoms with Crippen LogP contribution in [0.5, 0.6) is 5.75 Å². The molecule has 0 aliphatic carbocycles. The summed E-state index contributed by atoms with van der Waals surface area (Å²) in [6.07, 6.45) is -4.57. The molecule has 0 spiro atoms. The topological polar surface area (TPSA) is 109 Å². The van der Waals surface area contributed by atoms with E-state index in [9.17, 15) is 32.3 Å². The van der Waals surface area contributed by atoms with Gasteiger partial charge in [-0.05, 0) is 43.3 Å². The first-order chi connectivity index (χ1) is 20.5. The molecule has 1 fully saturated rings. The zero-order chi connectivity index (χ0) is 30.5. The Morgan fingerprint density at radius 1 is 1.00 bits per heavy atom. The molecular formula is C30H22F3N3O5S2. The molecule has 8 nitrogen and oxygen atoms in total. The van der Waals surface area contributed by atoms with Crippen molar-refractivity contribution in [2.75, 3.05) is 16.8 Å². The van der Waals surface area contributed by atoms with Gasteiger partial charge in [-0.2, -0.15) is 13.2 Å². The van der Waals surface area contributed by atoms with E-state index < -0.39 is 53.2 Å². The number of anilines is 2. The van der Waals surface area contributed by atoms with Gasteiger partial charge in [0.25, 0.3) is 5.91 Å². The lowest BCUT2D eigenvalue weighted by Gasteiger charge is -2.30. The van der Waals surface area contributed by atoms with Gasteiger partial charge in [-0.15, -0.1) is 0 Å². The number of aryl methyl sites for hydroxylation is 1. The SMILES string of the molecule is Cc1ccc(N2C(=O)C3Sc4[nH]c(=O)sc4[C@H](c4ccccc4OCC(=O)Nc4cccc(C(F)(F)F)c4)C3C2=O)cc1. The summed E-state index contributed by atoms with van der Waals surface area (Å²) in [6.45, 7) is 1.36. The molecule has 3 aromatic carbocycles. The number of benzene rings is 3. The second kappa shape index (κ2) is 11.0. The highest BCUT2D eigenvalue weighted by Crippen LogP contribution is 2.54. The van der Waals surface area contributed by atoms with Gasteiger partial charge in [0.1, 0.15) is 11.0 Å². The highest BCUT2D eigenvalue weighted by Gasteiger charge is 2.56. The minimum Gasteiger partial charge on any atom is -0.483 e. The number of hydrogen-bond donors (Lipinski definition) is 2. The number of imide groups is 1. The zero-order valence-corrected chi connectivity index (χ0v) is 23.9. The third-order valence-electron chi connectivity index (χ3n) is 7.20. The molecule has 0 saturated carbocycles. The molecule has 1 saturated heterocycles. The summed E-state index contributed by atoms with van der Waals surface area (Å²) in [6, 6.07) is 18.0. The molecule has 220 valence electrons. The van der Waals surface area contributed by atoms with Gasteiger partial charge in [-0.3, -0.25) is 19.2 Å². The zero-order valence-electron chi connectivity index (χ0n) is 22.3. The first-order valence-electron chi connectivity index (χ1n) is 13.0. The third kappa shape index (κ3) is 5.45. The van der Waals surface area contributed by atoms with E-state index in [1.807, 2.05) is 19.1 Å². The van der Waals surface area contributed by atoms with Gasteiger partial charge in [-0.25, -0.2) is 4.90 Å². The maximum atomic E-state index is 13.9. The number of nitrogens with one attached hydrogen (secondary N) is 2. The summed E-state index contributed by atoms with van der Waals surface area (Å²) in [5.74, 6) is -2.87. The molecule has 3 heterocycles. The Kier molecular flexibility index (Phi) is 7.38. The van der Waals surface area contributed by atoms with Crippen molar-refractivity contribution in [2.24, 2.45) is 5.92 Å². The largest absolute Gasteiger partial charge is 0.483 e. The van der Waals surface area contributed by atoms with E-state index >= 15 is 0 Å². The number of amides is 3. The molecule has 2 aliphatic rings. The minimum atomic E-state index is -4.57. The molecule has 4 aromatic rings. The van der Waals surface area contributed by atoms with Gasteiger partial charge in [-0.1, -0.05) is 65.1 Å². The number of hydrogen-bond acceptors (Lipinski definition) is 7. The molecule has 3 amide bonds. The van der Waals surface area contributed by atoms with Crippen molar-refractivity contribution in [2.45, 2.75) is 29.3 Å². The fraction of sp³-hybridized carbons (Fsp3) is 0.200. The lowest BCUT2D eigenvalue weighted by atomic mass is 9.82. The summed E-state index contributed by atoms with van der Waals surface area (Å²) < 4.78 is 45.1. The number of ether oxygens (including phenoxy) is 1. The van der Waals surface area contributed by atoms with Crippen LogP contribution >= 0.6 is 23.1 Å². The normalized spacial score (nSPS) is 19.6. The van der Waals surface area contributed by atoms with Crippen LogP contribution in [-0.4, -0.2) is 34.6 Å². The van der Waals surface area contributed by atoms with Crippen LogP contribution in [0.4, 0.5) is 24.5 Å². The summed E-state index contributed by atoms with van der Waals surface area (Å²) in [7, 11) is 0. The Morgan fingerprint density at radius 2 is 1.74 bits per heavy atom. The standard InChI is InChI=1S/C30H22F3N3O5S2/c1-15-9-11-18(12-10-15)36-27(38)23-22(24-26(35-29(40)43-24)42-25(23)28(36)39)19-7-2-3-8-20(19)41-14-21(37)34-17-6-4-5-16(13-17)30(31,32)33/h2-13,22-23,25H,14H2,1H3,(H,34,37)(H,35,40)/t22-,23?,25?/m1/s1. The van der Waals surface area contributed by atoms with Crippen molar-refractivity contribution >= 4 is 52.2 Å². The maximum absolute atomic E-state index is 13.9. The van der Waals surface area contributed by atoms with Crippen molar-refractivity contribution in [1.82, 2.24) is 4.98 Å². The lowest BCUT2D eigenvalue weighted by Crippen LogP contribution is -2.32. The van der Waals surface area contributed by atoms with E-state index in [4.69, 9.17) is 4.74 Å². The van der Waals surface area contributed by atoms with Gasteiger partial charge in [0.05, 0.1) is 22.2 Å². The molecule has 0 bridgehead atoms. The van der Waals surface area contributed by atoms with E-state index in [1.54, 1.807) is 36.4 Å². The average Bonchev–Trinajstić information content (AvgIpc) is 3.46. The second-order valence-corrected chi connectivity index (χ2v) is 12.2. The van der Waals surface area contributed by atoms with Crippen LogP contribution in [-0.2, 0) is 20.6 Å². The van der Waals surface area contributed by atoms with Crippen molar-refractivity contribution in [3.63, 3.8) is 0 Å². The quantitative estimate of drug-likeness (QED) is 0.271. The predicted octanol–water partition coefficient (Wildman–Crippen LogP) is 5.58. The van der Waals surface area contributed by atoms with Crippen LogP contribution in [0.3, 0.4) is 0 Å². The van der Waals surface area contributed by atoms with E-state index in [-0.39, 0.29) is 16.3 Å². The fourth-order valence-electron chi connectivity index (χ4n) is 5.28. The van der Waals surface area contributed by atoms with Crippen LogP contribution in [0.2, 0.25) is 0 Å². The maximum Gasteiger partial charge on any atom is 0.416 e. The van der Waals surface area contributed by atoms with Gasteiger partial charge in [0, 0.05) is 22.0 Å². The number of rotatable bonds is 6. The number of thioether (sulfide) groups is 1. The minimum absolute atomic E-state index is 0.0446. The molecule has 43 heavy (non-hydrogen) atoms. The van der Waals surface area contributed by atoms with Crippen LogP contribution in [0.25, 0.3) is 0 Å². The molecular weight excluding hydrogens is 603 g/mol. The Bertz CT molecular complexity index is 1800. The highest BCUT2D eigenvalue weighted by atomic mass is 32.2. The van der Waals surface area contributed by atoms with Crippen molar-refractivity contribution in [3.8, 4) is 5.75 Å². The number of fused-ring (bicyclic) bond motifs is 2. The summed E-state index contributed by atoms with van der Waals surface area (Å²) in [5.41, 5.74) is 0.959. The van der Waals surface area contributed by atoms with Crippen LogP contribution in [0, 0.1) is 12.8 Å². The third-order valence-corrected chi connectivity index (χ3v) is 9.60. The van der Waals surface area contributed by atoms with Crippen molar-refractivity contribution in [1.29, 1.82) is 0 Å². The number of H-pyrrole nitrogens is 1. The smallest absolute Gasteiger partial charge is 0.416 e. The number of carbonyl (C=O) groups is 3. The second-order valence-electron chi connectivity index (χ2n) is 10.1. The number of carbonyl (C=O) groups excluding carboxylic acids is 3. The first kappa shape index (κ1) is 28.7. The van der Waals surface area contributed by atoms with Crippen LogP contribution in [0.15, 0.2) is 82.6 Å². The van der Waals surface area contributed by atoms with Gasteiger partial charge < -0.3 is 15.0 Å². The first-order valence-corrected chi connectivity index (χ1v) is 14.7. The number of halogens is 3. The monoisotopic (exact) mass is 625 g/mol. The highest BCUT2D eigenvalue weighted by molar-refractivity contribution is 8.00. The number of para-hydroxylation sites is 1. The summed E-state index contributed by atoms with van der Waals surface area (Å²) >= 11 is 2.09. The lowest BCUT2D eigenvalue weighted by molar-refractivity contribution is -0.137. The number of thiazole rings is 1. The van der Waals surface area contributed by atoms with Crippen molar-refractivity contribution < 1.29 is 32.3 Å². The van der Waals surface area contributed by atoms with Gasteiger partial charge >= 0.3 is 11.0 Å². The molecule has 6 rings (SSSR count). The predicted molar refractivity (Wildman–Crippen MR) is 156 cm³/mol. The van der Waals surface area contributed by atoms with Gasteiger partial charge in [0.2, 0.25) is 11.8 Å². The Morgan fingerprint density at radius 3 is 2.49 bits per heavy atom. The van der Waals surface area contributed by atoms with Crippen LogP contribution < -0.4 is 19.8 Å². The Balaban J connectivity index is 1.30. The number of alkyl halides is 3. The number of aromatic nitrogens is 1. The fourth-order valence-corrected chi connectivity index (χ4v) is 7.79. The molecule has 2 unspecified atom stereocenters. The molecule has 2 N–H and O–H groups in total. The Hall–Kier alpha value is -4.36. The van der Waals surface area contributed by atoms with Crippen molar-refractivity contribution in [3.05, 3.63) is 104 Å².